The van der Waals surface area contributed by atoms with Crippen molar-refractivity contribution < 1.29 is 27.5 Å². The summed E-state index contributed by atoms with van der Waals surface area (Å²) in [7, 11) is 1.25. The summed E-state index contributed by atoms with van der Waals surface area (Å²) in [6.07, 6.45) is -3.76. The third kappa shape index (κ3) is 3.89. The molecule has 0 spiro atoms. The van der Waals surface area contributed by atoms with Crippen LogP contribution in [0.3, 0.4) is 0 Å². The average molecular weight is 360 g/mol. The number of halogens is 3. The first-order chi connectivity index (χ1) is 11.6. The number of aryl methyl sites for hydroxylation is 1. The molecule has 1 N–H and O–H groups in total. The van der Waals surface area contributed by atoms with Gasteiger partial charge in [-0.15, -0.1) is 0 Å². The van der Waals surface area contributed by atoms with Crippen molar-refractivity contribution in [2.45, 2.75) is 45.8 Å². The molecule has 8 heteroatoms. The predicted octanol–water partition coefficient (Wildman–Crippen LogP) is 3.26. The predicted molar refractivity (Wildman–Crippen MR) is 85.8 cm³/mol. The van der Waals surface area contributed by atoms with E-state index in [1.54, 1.807) is 25.7 Å². The molecule has 0 aliphatic carbocycles. The van der Waals surface area contributed by atoms with Crippen molar-refractivity contribution in [3.63, 3.8) is 0 Å². The smallest absolute Gasteiger partial charge is 0.393 e. The first-order valence-corrected chi connectivity index (χ1v) is 8.20. The Kier molecular flexibility index (Phi) is 5.61. The van der Waals surface area contributed by atoms with E-state index in [1.807, 2.05) is 0 Å². The molecule has 2 rings (SSSR count). The molecule has 0 radical (unpaired) electrons. The summed E-state index contributed by atoms with van der Waals surface area (Å²) < 4.78 is 43.7. The Balaban J connectivity index is 2.22. The van der Waals surface area contributed by atoms with Crippen molar-refractivity contribution in [1.29, 1.82) is 0 Å². The van der Waals surface area contributed by atoms with Crippen LogP contribution in [-0.4, -0.2) is 54.1 Å². The number of likely N-dealkylation sites (tertiary alicyclic amines) is 1. The molecule has 1 saturated heterocycles. The van der Waals surface area contributed by atoms with Gasteiger partial charge in [0.25, 0.3) is 0 Å². The molecule has 1 fully saturated rings. The normalized spacial score (nSPS) is 20.4. The van der Waals surface area contributed by atoms with Crippen LogP contribution in [0, 0.1) is 19.8 Å². The van der Waals surface area contributed by atoms with Crippen molar-refractivity contribution in [2.75, 3.05) is 20.2 Å². The topological polar surface area (TPSA) is 62.4 Å². The lowest BCUT2D eigenvalue weighted by Gasteiger charge is -2.36. The summed E-state index contributed by atoms with van der Waals surface area (Å²) in [6.45, 7) is 5.15. The highest BCUT2D eigenvalue weighted by Gasteiger charge is 2.43. The van der Waals surface area contributed by atoms with E-state index in [1.165, 1.54) is 7.11 Å². The van der Waals surface area contributed by atoms with Gasteiger partial charge in [0.1, 0.15) is 0 Å². The van der Waals surface area contributed by atoms with Gasteiger partial charge in [0, 0.05) is 12.2 Å². The molecule has 0 saturated carbocycles. The van der Waals surface area contributed by atoms with Crippen LogP contribution < -0.4 is 0 Å². The molecule has 0 aromatic carbocycles. The molecule has 0 amide bonds. The second-order valence-electron chi connectivity index (χ2n) is 6.53. The minimum absolute atomic E-state index is 0.0913. The number of carbonyl (C=O) groups is 2. The van der Waals surface area contributed by atoms with Gasteiger partial charge >= 0.3 is 12.1 Å². The molecule has 1 aliphatic heterocycles. The van der Waals surface area contributed by atoms with Crippen molar-refractivity contribution in [2.24, 2.45) is 5.92 Å². The lowest BCUT2D eigenvalue weighted by atomic mass is 9.95. The highest BCUT2D eigenvalue weighted by molar-refractivity contribution is 6.03. The third-order valence-corrected chi connectivity index (χ3v) is 4.92. The van der Waals surface area contributed by atoms with Crippen LogP contribution in [0.4, 0.5) is 13.2 Å². The van der Waals surface area contributed by atoms with E-state index in [-0.39, 0.29) is 24.4 Å². The molecule has 0 unspecified atom stereocenters. The van der Waals surface area contributed by atoms with E-state index in [0.29, 0.717) is 29.8 Å². The molecule has 2 atom stereocenters. The van der Waals surface area contributed by atoms with Gasteiger partial charge in [0.05, 0.1) is 30.3 Å². The van der Waals surface area contributed by atoms with Crippen LogP contribution in [0.1, 0.15) is 51.9 Å². The van der Waals surface area contributed by atoms with Crippen LogP contribution in [0.2, 0.25) is 0 Å². The molecular weight excluding hydrogens is 337 g/mol. The monoisotopic (exact) mass is 360 g/mol. The minimum atomic E-state index is -4.25. The number of esters is 1. The number of hydrogen-bond donors (Lipinski definition) is 1. The Morgan fingerprint density at radius 2 is 1.96 bits per heavy atom. The lowest BCUT2D eigenvalue weighted by molar-refractivity contribution is -0.187. The molecule has 140 valence electrons. The Hall–Kier alpha value is -1.83. The molecule has 1 aliphatic rings. The number of methoxy groups -OCH3 is 1. The van der Waals surface area contributed by atoms with Crippen LogP contribution in [-0.2, 0) is 4.74 Å². The van der Waals surface area contributed by atoms with Gasteiger partial charge in [-0.1, -0.05) is 0 Å². The lowest BCUT2D eigenvalue weighted by Crippen LogP contribution is -2.48. The van der Waals surface area contributed by atoms with Crippen LogP contribution in [0.15, 0.2) is 0 Å². The molecule has 1 aromatic heterocycles. The van der Waals surface area contributed by atoms with Crippen molar-refractivity contribution in [3.05, 3.63) is 22.5 Å². The van der Waals surface area contributed by atoms with Gasteiger partial charge in [-0.2, -0.15) is 13.2 Å². The maximum atomic E-state index is 13.0. The number of ether oxygens (including phenoxy) is 1. The van der Waals surface area contributed by atoms with Crippen LogP contribution in [0.5, 0.6) is 0 Å². The molecular formula is C17H23F3N2O3. The largest absolute Gasteiger partial charge is 0.465 e. The Morgan fingerprint density at radius 1 is 1.32 bits per heavy atom. The summed E-state index contributed by atoms with van der Waals surface area (Å²) >= 11 is 0. The molecule has 2 heterocycles. The van der Waals surface area contributed by atoms with Crippen LogP contribution in [0.25, 0.3) is 0 Å². The zero-order valence-corrected chi connectivity index (χ0v) is 14.8. The first kappa shape index (κ1) is 19.5. The number of aromatic nitrogens is 1. The second-order valence-corrected chi connectivity index (χ2v) is 6.53. The number of piperidine rings is 1. The zero-order valence-electron chi connectivity index (χ0n) is 14.8. The molecule has 0 bridgehead atoms. The Morgan fingerprint density at radius 3 is 2.52 bits per heavy atom. The number of carbonyl (C=O) groups excluding carboxylic acids is 2. The van der Waals surface area contributed by atoms with E-state index < -0.39 is 24.1 Å². The number of aromatic amines is 1. The molecule has 5 nitrogen and oxygen atoms in total. The van der Waals surface area contributed by atoms with E-state index in [2.05, 4.69) is 4.98 Å². The maximum absolute atomic E-state index is 13.0. The Labute approximate surface area is 144 Å². The summed E-state index contributed by atoms with van der Waals surface area (Å²) in [4.78, 5) is 29.1. The van der Waals surface area contributed by atoms with Gasteiger partial charge in [-0.05, 0) is 45.7 Å². The standard InChI is InChI=1S/C17H23F3N2O3/c1-9-13(16(24)25-4)10(2)21-14(9)15(23)11(3)22-7-5-6-12(8-22)17(18,19)20/h11-12,21H,5-8H2,1-4H3/t11-,12-/m1/s1. The van der Waals surface area contributed by atoms with Gasteiger partial charge in [0.15, 0.2) is 5.78 Å². The zero-order chi connectivity index (χ0) is 18.9. The summed E-state index contributed by atoms with van der Waals surface area (Å²) in [5.74, 6) is -2.28. The minimum Gasteiger partial charge on any atom is -0.465 e. The quantitative estimate of drug-likeness (QED) is 0.661. The van der Waals surface area contributed by atoms with Gasteiger partial charge in [-0.3, -0.25) is 9.69 Å². The first-order valence-electron chi connectivity index (χ1n) is 8.20. The fourth-order valence-electron chi connectivity index (χ4n) is 3.40. The van der Waals surface area contributed by atoms with Crippen LogP contribution >= 0.6 is 0 Å². The summed E-state index contributed by atoms with van der Waals surface area (Å²) in [6, 6.07) is -0.701. The Bertz CT molecular complexity index is 667. The van der Waals surface area contributed by atoms with Crippen molar-refractivity contribution in [1.82, 2.24) is 9.88 Å². The SMILES string of the molecule is COC(=O)c1c(C)[nH]c(C(=O)[C@@H](C)N2CCC[C@@H](C(F)(F)F)C2)c1C. The van der Waals surface area contributed by atoms with Gasteiger partial charge in [0.2, 0.25) is 0 Å². The number of H-pyrrole nitrogens is 1. The number of hydrogen-bond acceptors (Lipinski definition) is 4. The second kappa shape index (κ2) is 7.19. The van der Waals surface area contributed by atoms with E-state index in [0.717, 1.165) is 0 Å². The highest BCUT2D eigenvalue weighted by Crippen LogP contribution is 2.34. The van der Waals surface area contributed by atoms with E-state index in [4.69, 9.17) is 4.74 Å². The number of ketones is 1. The number of rotatable bonds is 4. The number of nitrogens with zero attached hydrogens (tertiary/aromatic N) is 1. The van der Waals surface area contributed by atoms with Gasteiger partial charge < -0.3 is 9.72 Å². The summed E-state index contributed by atoms with van der Waals surface area (Å²) in [5, 5.41) is 0. The van der Waals surface area contributed by atoms with E-state index in [9.17, 15) is 22.8 Å². The fraction of sp³-hybridized carbons (Fsp3) is 0.647. The number of Topliss-reactive ketones (excluding diaryl/α,β-unsaturated/α-hetero) is 1. The molecule has 1 aromatic rings. The maximum Gasteiger partial charge on any atom is 0.393 e. The number of nitrogens with one attached hydrogen (secondary N) is 1. The third-order valence-electron chi connectivity index (χ3n) is 4.92. The summed E-state index contributed by atoms with van der Waals surface area (Å²) in [5.41, 5.74) is 1.52. The number of alkyl halides is 3. The molecule has 25 heavy (non-hydrogen) atoms. The van der Waals surface area contributed by atoms with E-state index >= 15 is 0 Å². The highest BCUT2D eigenvalue weighted by atomic mass is 19.4. The fourth-order valence-corrected chi connectivity index (χ4v) is 3.40. The van der Waals surface area contributed by atoms with Crippen molar-refractivity contribution >= 4 is 11.8 Å². The van der Waals surface area contributed by atoms with Crippen molar-refractivity contribution in [3.8, 4) is 0 Å². The van der Waals surface area contributed by atoms with Gasteiger partial charge in [-0.25, -0.2) is 4.79 Å². The average Bonchev–Trinajstić information content (AvgIpc) is 2.86.